The number of hydrogen-bond donors (Lipinski definition) is 1. The molecule has 96 valence electrons. The van der Waals surface area contributed by atoms with Gasteiger partial charge in [0.2, 0.25) is 0 Å². The highest BCUT2D eigenvalue weighted by atomic mass is 32.1. The first-order chi connectivity index (χ1) is 8.18. The number of rotatable bonds is 7. The number of nitrogens with one attached hydrogen (secondary N) is 1. The summed E-state index contributed by atoms with van der Waals surface area (Å²) in [4.78, 5) is 3.95. The van der Waals surface area contributed by atoms with E-state index in [0.717, 1.165) is 12.6 Å². The Morgan fingerprint density at radius 1 is 1.47 bits per heavy atom. The molecule has 0 aromatic carbocycles. The Bertz CT molecular complexity index is 317. The van der Waals surface area contributed by atoms with E-state index in [-0.39, 0.29) is 0 Å². The average molecular weight is 252 g/mol. The number of likely N-dealkylation sites (N-methyl/N-ethyl adjacent to an activating group) is 1. The molecule has 2 rings (SSSR count). The maximum absolute atomic E-state index is 3.70. The first-order valence-corrected chi connectivity index (χ1v) is 7.53. The molecule has 17 heavy (non-hydrogen) atoms. The molecular weight excluding hydrogens is 228 g/mol. The van der Waals surface area contributed by atoms with E-state index in [0.29, 0.717) is 12.0 Å². The van der Waals surface area contributed by atoms with Gasteiger partial charge in [-0.05, 0) is 37.3 Å². The lowest BCUT2D eigenvalue weighted by Crippen LogP contribution is -2.34. The molecule has 1 fully saturated rings. The summed E-state index contributed by atoms with van der Waals surface area (Å²) in [5.41, 5.74) is 0. The highest BCUT2D eigenvalue weighted by molar-refractivity contribution is 7.10. The van der Waals surface area contributed by atoms with Gasteiger partial charge in [-0.25, -0.2) is 0 Å². The lowest BCUT2D eigenvalue weighted by Gasteiger charge is -2.23. The Morgan fingerprint density at radius 3 is 2.76 bits per heavy atom. The standard InChI is InChI=1S/C14H24N2S/c1-11(2)14(13-5-4-10-17-13)15-8-9-16(3)12-6-7-12/h4-5,10-12,14-15H,6-9H2,1-3H3. The molecule has 0 spiro atoms. The molecule has 1 aromatic rings. The van der Waals surface area contributed by atoms with E-state index in [4.69, 9.17) is 0 Å². The summed E-state index contributed by atoms with van der Waals surface area (Å²) in [5, 5.41) is 5.87. The van der Waals surface area contributed by atoms with Crippen LogP contribution in [0.1, 0.15) is 37.6 Å². The van der Waals surface area contributed by atoms with Crippen molar-refractivity contribution >= 4 is 11.3 Å². The van der Waals surface area contributed by atoms with Crippen LogP contribution in [-0.4, -0.2) is 31.1 Å². The number of thiophene rings is 1. The molecule has 1 heterocycles. The van der Waals surface area contributed by atoms with Crippen LogP contribution in [-0.2, 0) is 0 Å². The summed E-state index contributed by atoms with van der Waals surface area (Å²) in [6.07, 6.45) is 2.80. The van der Waals surface area contributed by atoms with Crippen LogP contribution in [0.4, 0.5) is 0 Å². The second-order valence-electron chi connectivity index (χ2n) is 5.40. The van der Waals surface area contributed by atoms with Gasteiger partial charge in [0.15, 0.2) is 0 Å². The van der Waals surface area contributed by atoms with Crippen molar-refractivity contribution < 1.29 is 0 Å². The van der Waals surface area contributed by atoms with Gasteiger partial charge in [0.25, 0.3) is 0 Å². The van der Waals surface area contributed by atoms with Crippen LogP contribution in [0.2, 0.25) is 0 Å². The molecular formula is C14H24N2S. The van der Waals surface area contributed by atoms with Crippen LogP contribution in [0.25, 0.3) is 0 Å². The largest absolute Gasteiger partial charge is 0.308 e. The zero-order valence-electron chi connectivity index (χ0n) is 11.1. The van der Waals surface area contributed by atoms with Crippen LogP contribution < -0.4 is 5.32 Å². The molecule has 2 nitrogen and oxygen atoms in total. The predicted molar refractivity (Wildman–Crippen MR) is 75.6 cm³/mol. The minimum Gasteiger partial charge on any atom is -0.308 e. The third-order valence-electron chi connectivity index (χ3n) is 3.52. The fraction of sp³-hybridized carbons (Fsp3) is 0.714. The van der Waals surface area contributed by atoms with Crippen LogP contribution in [0.15, 0.2) is 17.5 Å². The highest BCUT2D eigenvalue weighted by Crippen LogP contribution is 2.26. The van der Waals surface area contributed by atoms with E-state index in [9.17, 15) is 0 Å². The molecule has 0 saturated heterocycles. The lowest BCUT2D eigenvalue weighted by molar-refractivity contribution is 0.304. The first-order valence-electron chi connectivity index (χ1n) is 6.65. The van der Waals surface area contributed by atoms with Crippen molar-refractivity contribution in [3.63, 3.8) is 0 Å². The number of hydrogen-bond acceptors (Lipinski definition) is 3. The Balaban J connectivity index is 1.77. The average Bonchev–Trinajstić information content (AvgIpc) is 3.01. The molecule has 1 aromatic heterocycles. The summed E-state index contributed by atoms with van der Waals surface area (Å²) in [7, 11) is 2.24. The Hall–Kier alpha value is -0.380. The van der Waals surface area contributed by atoms with Crippen LogP contribution in [0.3, 0.4) is 0 Å². The second kappa shape index (κ2) is 5.98. The molecule has 1 atom stereocenters. The summed E-state index contributed by atoms with van der Waals surface area (Å²) in [6, 6.07) is 5.78. The van der Waals surface area contributed by atoms with Crippen molar-refractivity contribution in [2.75, 3.05) is 20.1 Å². The second-order valence-corrected chi connectivity index (χ2v) is 6.38. The Labute approximate surface area is 109 Å². The van der Waals surface area contributed by atoms with Crippen LogP contribution in [0, 0.1) is 5.92 Å². The zero-order valence-corrected chi connectivity index (χ0v) is 12.0. The minimum absolute atomic E-state index is 0.516. The molecule has 1 N–H and O–H groups in total. The summed E-state index contributed by atoms with van der Waals surface area (Å²) >= 11 is 1.86. The maximum Gasteiger partial charge on any atom is 0.0438 e. The molecule has 0 radical (unpaired) electrons. The van der Waals surface area contributed by atoms with E-state index in [1.807, 2.05) is 11.3 Å². The Kier molecular flexibility index (Phi) is 4.60. The first kappa shape index (κ1) is 13.1. The summed E-state index contributed by atoms with van der Waals surface area (Å²) in [5.74, 6) is 0.653. The van der Waals surface area contributed by atoms with E-state index in [1.165, 1.54) is 24.3 Å². The minimum atomic E-state index is 0.516. The molecule has 1 saturated carbocycles. The van der Waals surface area contributed by atoms with Gasteiger partial charge in [0.05, 0.1) is 0 Å². The van der Waals surface area contributed by atoms with E-state index < -0.39 is 0 Å². The van der Waals surface area contributed by atoms with Gasteiger partial charge >= 0.3 is 0 Å². The van der Waals surface area contributed by atoms with Gasteiger partial charge < -0.3 is 10.2 Å². The quantitative estimate of drug-likeness (QED) is 0.802. The van der Waals surface area contributed by atoms with Crippen molar-refractivity contribution in [3.05, 3.63) is 22.4 Å². The van der Waals surface area contributed by atoms with Crippen LogP contribution >= 0.6 is 11.3 Å². The number of nitrogens with zero attached hydrogens (tertiary/aromatic N) is 1. The highest BCUT2D eigenvalue weighted by Gasteiger charge is 2.25. The van der Waals surface area contributed by atoms with Crippen molar-refractivity contribution in [1.82, 2.24) is 10.2 Å². The van der Waals surface area contributed by atoms with Crippen molar-refractivity contribution in [2.45, 2.75) is 38.8 Å². The lowest BCUT2D eigenvalue weighted by atomic mass is 10.0. The van der Waals surface area contributed by atoms with E-state index >= 15 is 0 Å². The third kappa shape index (κ3) is 3.80. The SMILES string of the molecule is CC(C)C(NCCN(C)C1CC1)c1cccs1. The Morgan fingerprint density at radius 2 is 2.24 bits per heavy atom. The smallest absolute Gasteiger partial charge is 0.0438 e. The third-order valence-corrected chi connectivity index (χ3v) is 4.47. The molecule has 1 aliphatic rings. The van der Waals surface area contributed by atoms with E-state index in [2.05, 4.69) is 48.6 Å². The van der Waals surface area contributed by atoms with Gasteiger partial charge in [-0.1, -0.05) is 19.9 Å². The molecule has 3 heteroatoms. The van der Waals surface area contributed by atoms with Gasteiger partial charge in [0, 0.05) is 30.1 Å². The van der Waals surface area contributed by atoms with Gasteiger partial charge in [-0.2, -0.15) is 0 Å². The normalized spacial score (nSPS) is 17.9. The van der Waals surface area contributed by atoms with Crippen LogP contribution in [0.5, 0.6) is 0 Å². The molecule has 1 unspecified atom stereocenters. The summed E-state index contributed by atoms with van der Waals surface area (Å²) in [6.45, 7) is 6.84. The topological polar surface area (TPSA) is 15.3 Å². The monoisotopic (exact) mass is 252 g/mol. The zero-order chi connectivity index (χ0) is 12.3. The predicted octanol–water partition coefficient (Wildman–Crippen LogP) is 3.13. The van der Waals surface area contributed by atoms with Crippen molar-refractivity contribution in [1.29, 1.82) is 0 Å². The fourth-order valence-electron chi connectivity index (χ4n) is 2.23. The van der Waals surface area contributed by atoms with E-state index in [1.54, 1.807) is 0 Å². The van der Waals surface area contributed by atoms with Gasteiger partial charge in [-0.15, -0.1) is 11.3 Å². The maximum atomic E-state index is 3.70. The fourth-order valence-corrected chi connectivity index (χ4v) is 3.20. The van der Waals surface area contributed by atoms with Crippen molar-refractivity contribution in [3.8, 4) is 0 Å². The molecule has 0 amide bonds. The molecule has 1 aliphatic carbocycles. The van der Waals surface area contributed by atoms with Gasteiger partial charge in [-0.3, -0.25) is 0 Å². The molecule has 0 bridgehead atoms. The van der Waals surface area contributed by atoms with Crippen molar-refractivity contribution in [2.24, 2.45) is 5.92 Å². The van der Waals surface area contributed by atoms with Gasteiger partial charge in [0.1, 0.15) is 0 Å². The molecule has 0 aliphatic heterocycles. The summed E-state index contributed by atoms with van der Waals surface area (Å²) < 4.78 is 0.